The van der Waals surface area contributed by atoms with Crippen LogP contribution in [0.1, 0.15) is 38.2 Å². The summed E-state index contributed by atoms with van der Waals surface area (Å²) in [5, 5.41) is 0.761. The number of hydrogen-bond acceptors (Lipinski definition) is 5. The monoisotopic (exact) mass is 365 g/mol. The molecule has 3 aromatic rings. The summed E-state index contributed by atoms with van der Waals surface area (Å²) in [6.07, 6.45) is 0.915. The van der Waals surface area contributed by atoms with Gasteiger partial charge in [0.2, 0.25) is 0 Å². The summed E-state index contributed by atoms with van der Waals surface area (Å²) in [5.74, 6) is -0.729. The number of benzene rings is 2. The van der Waals surface area contributed by atoms with Gasteiger partial charge in [-0.15, -0.1) is 11.3 Å². The molecule has 5 heteroatoms. The first-order valence-electron chi connectivity index (χ1n) is 8.40. The van der Waals surface area contributed by atoms with Gasteiger partial charge in [-0.05, 0) is 18.9 Å². The van der Waals surface area contributed by atoms with E-state index >= 15 is 0 Å². The Kier molecular flexibility index (Phi) is 5.58. The van der Waals surface area contributed by atoms with Crippen LogP contribution in [0.2, 0.25) is 0 Å². The summed E-state index contributed by atoms with van der Waals surface area (Å²) in [4.78, 5) is 29.4. The molecule has 1 heterocycles. The van der Waals surface area contributed by atoms with Crippen LogP contribution in [0.15, 0.2) is 54.6 Å². The molecular formula is C21H19NO3S. The second-order valence-electron chi connectivity index (χ2n) is 5.85. The summed E-state index contributed by atoms with van der Waals surface area (Å²) in [7, 11) is 0. The van der Waals surface area contributed by atoms with Crippen LogP contribution in [-0.2, 0) is 11.2 Å². The second kappa shape index (κ2) is 8.06. The summed E-state index contributed by atoms with van der Waals surface area (Å²) in [6.45, 7) is 3.55. The molecule has 0 amide bonds. The smallest absolute Gasteiger partial charge is 0.350 e. The van der Waals surface area contributed by atoms with E-state index in [9.17, 15) is 9.59 Å². The van der Waals surface area contributed by atoms with Crippen molar-refractivity contribution in [3.05, 3.63) is 76.3 Å². The van der Waals surface area contributed by atoms with E-state index < -0.39 is 5.97 Å². The standard InChI is InChI=1S/C21H19NO3S/c1-3-15-9-11-16(12-10-15)18(23)13-25-21(24)19-14(2)22-20(26-19)17-7-5-4-6-8-17/h4-12H,3,13H2,1-2H3. The molecule has 0 fully saturated rings. The lowest BCUT2D eigenvalue weighted by Gasteiger charge is -2.04. The van der Waals surface area contributed by atoms with Crippen molar-refractivity contribution in [1.82, 2.24) is 4.98 Å². The fraction of sp³-hybridized carbons (Fsp3) is 0.190. The summed E-state index contributed by atoms with van der Waals surface area (Å²) in [5.41, 5.74) is 3.26. The van der Waals surface area contributed by atoms with Crippen LogP contribution in [0.25, 0.3) is 10.6 Å². The van der Waals surface area contributed by atoms with E-state index in [1.165, 1.54) is 11.3 Å². The van der Waals surface area contributed by atoms with Crippen molar-refractivity contribution in [2.75, 3.05) is 6.61 Å². The Morgan fingerprint density at radius 3 is 2.38 bits per heavy atom. The van der Waals surface area contributed by atoms with E-state index in [-0.39, 0.29) is 12.4 Å². The molecule has 0 unspecified atom stereocenters. The third-order valence-electron chi connectivity index (χ3n) is 4.02. The van der Waals surface area contributed by atoms with Gasteiger partial charge in [0.1, 0.15) is 9.88 Å². The Morgan fingerprint density at radius 2 is 1.73 bits per heavy atom. The van der Waals surface area contributed by atoms with Gasteiger partial charge in [0, 0.05) is 11.1 Å². The maximum absolute atomic E-state index is 12.3. The lowest BCUT2D eigenvalue weighted by Crippen LogP contribution is -2.14. The molecule has 0 saturated heterocycles. The number of Topliss-reactive ketones (excluding diaryl/α,β-unsaturated/α-hetero) is 1. The first kappa shape index (κ1) is 18.0. The van der Waals surface area contributed by atoms with Crippen LogP contribution in [0.3, 0.4) is 0 Å². The van der Waals surface area contributed by atoms with Gasteiger partial charge in [-0.25, -0.2) is 9.78 Å². The lowest BCUT2D eigenvalue weighted by molar-refractivity contribution is 0.0478. The molecule has 0 N–H and O–H groups in total. The highest BCUT2D eigenvalue weighted by Gasteiger charge is 2.19. The average molecular weight is 365 g/mol. The highest BCUT2D eigenvalue weighted by Crippen LogP contribution is 2.28. The fourth-order valence-electron chi connectivity index (χ4n) is 2.50. The molecule has 0 atom stereocenters. The fourth-order valence-corrected chi connectivity index (χ4v) is 3.46. The molecular weight excluding hydrogens is 346 g/mol. The quantitative estimate of drug-likeness (QED) is 0.468. The molecule has 4 nitrogen and oxygen atoms in total. The SMILES string of the molecule is CCc1ccc(C(=O)COC(=O)c2sc(-c3ccccc3)nc2C)cc1. The number of carbonyl (C=O) groups excluding carboxylic acids is 2. The van der Waals surface area contributed by atoms with Gasteiger partial charge in [0.15, 0.2) is 12.4 Å². The predicted octanol–water partition coefficient (Wildman–Crippen LogP) is 4.72. The van der Waals surface area contributed by atoms with Gasteiger partial charge in [0.25, 0.3) is 0 Å². The molecule has 0 saturated carbocycles. The molecule has 2 aromatic carbocycles. The van der Waals surface area contributed by atoms with E-state index in [2.05, 4.69) is 11.9 Å². The number of carbonyl (C=O) groups is 2. The Morgan fingerprint density at radius 1 is 1.04 bits per heavy atom. The highest BCUT2D eigenvalue weighted by molar-refractivity contribution is 7.17. The molecule has 0 radical (unpaired) electrons. The predicted molar refractivity (Wildman–Crippen MR) is 103 cm³/mol. The van der Waals surface area contributed by atoms with Gasteiger partial charge in [-0.2, -0.15) is 0 Å². The minimum atomic E-state index is -0.513. The number of aryl methyl sites for hydroxylation is 2. The van der Waals surface area contributed by atoms with Crippen molar-refractivity contribution in [3.63, 3.8) is 0 Å². The van der Waals surface area contributed by atoms with E-state index in [4.69, 9.17) is 4.74 Å². The molecule has 0 aliphatic carbocycles. The molecule has 1 aromatic heterocycles. The van der Waals surface area contributed by atoms with Crippen LogP contribution < -0.4 is 0 Å². The Labute approximate surface area is 156 Å². The van der Waals surface area contributed by atoms with Crippen molar-refractivity contribution in [3.8, 4) is 10.6 Å². The van der Waals surface area contributed by atoms with Gasteiger partial charge >= 0.3 is 5.97 Å². The minimum absolute atomic E-state index is 0.216. The van der Waals surface area contributed by atoms with E-state index in [0.717, 1.165) is 22.6 Å². The van der Waals surface area contributed by atoms with Crippen LogP contribution in [0.4, 0.5) is 0 Å². The largest absolute Gasteiger partial charge is 0.453 e. The van der Waals surface area contributed by atoms with Crippen LogP contribution in [0, 0.1) is 6.92 Å². The minimum Gasteiger partial charge on any atom is -0.453 e. The van der Waals surface area contributed by atoms with Crippen LogP contribution in [0.5, 0.6) is 0 Å². The number of esters is 1. The Bertz CT molecular complexity index is 914. The van der Waals surface area contributed by atoms with E-state index in [0.29, 0.717) is 16.1 Å². The maximum Gasteiger partial charge on any atom is 0.350 e. The van der Waals surface area contributed by atoms with Crippen molar-refractivity contribution >= 4 is 23.1 Å². The van der Waals surface area contributed by atoms with Gasteiger partial charge in [-0.3, -0.25) is 4.79 Å². The third kappa shape index (κ3) is 4.06. The molecule has 0 aliphatic rings. The molecule has 3 rings (SSSR count). The normalized spacial score (nSPS) is 10.5. The number of nitrogens with zero attached hydrogens (tertiary/aromatic N) is 1. The lowest BCUT2D eigenvalue weighted by atomic mass is 10.1. The van der Waals surface area contributed by atoms with E-state index in [1.807, 2.05) is 42.5 Å². The van der Waals surface area contributed by atoms with Gasteiger partial charge in [-0.1, -0.05) is 61.5 Å². The first-order valence-corrected chi connectivity index (χ1v) is 9.22. The molecule has 0 aliphatic heterocycles. The summed E-state index contributed by atoms with van der Waals surface area (Å²) in [6, 6.07) is 17.0. The molecule has 0 spiro atoms. The average Bonchev–Trinajstić information content (AvgIpc) is 3.08. The Hall–Kier alpha value is -2.79. The van der Waals surface area contributed by atoms with Crippen molar-refractivity contribution in [2.45, 2.75) is 20.3 Å². The van der Waals surface area contributed by atoms with Gasteiger partial charge in [0.05, 0.1) is 5.69 Å². The Balaban J connectivity index is 1.66. The number of aromatic nitrogens is 1. The van der Waals surface area contributed by atoms with Gasteiger partial charge < -0.3 is 4.74 Å². The van der Waals surface area contributed by atoms with Crippen molar-refractivity contribution < 1.29 is 14.3 Å². The molecule has 26 heavy (non-hydrogen) atoms. The molecule has 132 valence electrons. The number of rotatable bonds is 6. The third-order valence-corrected chi connectivity index (χ3v) is 5.21. The van der Waals surface area contributed by atoms with Crippen molar-refractivity contribution in [2.24, 2.45) is 0 Å². The summed E-state index contributed by atoms with van der Waals surface area (Å²) >= 11 is 1.28. The van der Waals surface area contributed by atoms with Crippen LogP contribution in [-0.4, -0.2) is 23.3 Å². The summed E-state index contributed by atoms with van der Waals surface area (Å²) < 4.78 is 5.21. The number of ether oxygens (including phenoxy) is 1. The zero-order valence-electron chi connectivity index (χ0n) is 14.7. The first-order chi connectivity index (χ1) is 12.6. The maximum atomic E-state index is 12.3. The van der Waals surface area contributed by atoms with Crippen LogP contribution >= 0.6 is 11.3 Å². The molecule has 0 bridgehead atoms. The van der Waals surface area contributed by atoms with Crippen molar-refractivity contribution in [1.29, 1.82) is 0 Å². The second-order valence-corrected chi connectivity index (χ2v) is 6.85. The number of hydrogen-bond donors (Lipinski definition) is 0. The highest BCUT2D eigenvalue weighted by atomic mass is 32.1. The number of thiazole rings is 1. The number of ketones is 1. The zero-order chi connectivity index (χ0) is 18.5. The zero-order valence-corrected chi connectivity index (χ0v) is 15.5. The van der Waals surface area contributed by atoms with E-state index in [1.54, 1.807) is 19.1 Å². The topological polar surface area (TPSA) is 56.3 Å².